The van der Waals surface area contributed by atoms with Crippen LogP contribution in [0.2, 0.25) is 0 Å². The molecule has 0 bridgehead atoms. The first-order chi connectivity index (χ1) is 9.52. The molecule has 2 rings (SSSR count). The molecule has 110 valence electrons. The third-order valence-corrected chi connectivity index (χ3v) is 3.72. The van der Waals surface area contributed by atoms with E-state index in [0.717, 1.165) is 29.9 Å². The van der Waals surface area contributed by atoms with Crippen molar-refractivity contribution in [2.24, 2.45) is 5.73 Å². The molecule has 5 nitrogen and oxygen atoms in total. The highest BCUT2D eigenvalue weighted by Gasteiger charge is 2.33. The van der Waals surface area contributed by atoms with E-state index < -0.39 is 0 Å². The molecule has 1 aliphatic heterocycles. The number of aliphatic hydroxyl groups is 1. The minimum Gasteiger partial charge on any atom is -0.401 e. The molecule has 0 saturated carbocycles. The van der Waals surface area contributed by atoms with E-state index >= 15 is 0 Å². The van der Waals surface area contributed by atoms with Crippen molar-refractivity contribution in [1.82, 2.24) is 0 Å². The summed E-state index contributed by atoms with van der Waals surface area (Å²) in [5.41, 5.74) is 15.3. The third-order valence-electron chi connectivity index (χ3n) is 3.72. The molecule has 1 saturated heterocycles. The zero-order valence-electron chi connectivity index (χ0n) is 11.9. The van der Waals surface area contributed by atoms with E-state index in [9.17, 15) is 0 Å². The van der Waals surface area contributed by atoms with Gasteiger partial charge in [-0.3, -0.25) is 0 Å². The van der Waals surface area contributed by atoms with Gasteiger partial charge in [-0.2, -0.15) is 0 Å². The van der Waals surface area contributed by atoms with Gasteiger partial charge in [-0.15, -0.1) is 0 Å². The van der Waals surface area contributed by atoms with E-state index in [0.29, 0.717) is 12.3 Å². The lowest BCUT2D eigenvalue weighted by molar-refractivity contribution is 0.0399. The van der Waals surface area contributed by atoms with E-state index in [2.05, 4.69) is 17.5 Å². The zero-order chi connectivity index (χ0) is 14.7. The molecule has 0 radical (unpaired) electrons. The number of hydrogen-bond donors (Lipinski definition) is 3. The first-order valence-corrected chi connectivity index (χ1v) is 6.82. The second-order valence-corrected chi connectivity index (χ2v) is 5.24. The van der Waals surface area contributed by atoms with Crippen LogP contribution in [0.15, 0.2) is 30.5 Å². The summed E-state index contributed by atoms with van der Waals surface area (Å²) in [6, 6.07) is 6.01. The molecule has 0 spiro atoms. The number of hydrogen-bond acceptors (Lipinski definition) is 5. The van der Waals surface area contributed by atoms with Gasteiger partial charge in [0.15, 0.2) is 0 Å². The lowest BCUT2D eigenvalue weighted by Crippen LogP contribution is -2.33. The van der Waals surface area contributed by atoms with Crippen LogP contribution in [-0.4, -0.2) is 37.0 Å². The topological polar surface area (TPSA) is 84.7 Å². The monoisotopic (exact) mass is 277 g/mol. The summed E-state index contributed by atoms with van der Waals surface area (Å²) in [4.78, 5) is 2.19. The summed E-state index contributed by atoms with van der Waals surface area (Å²) in [5.74, 6) is 0. The van der Waals surface area contributed by atoms with Crippen LogP contribution in [0.3, 0.4) is 0 Å². The van der Waals surface area contributed by atoms with Crippen molar-refractivity contribution in [3.63, 3.8) is 0 Å². The Bertz CT molecular complexity index is 490. The second kappa shape index (κ2) is 6.15. The van der Waals surface area contributed by atoms with Gasteiger partial charge in [-0.05, 0) is 30.7 Å². The molecule has 2 atom stereocenters. The van der Waals surface area contributed by atoms with Gasteiger partial charge in [0.2, 0.25) is 0 Å². The Labute approximate surface area is 119 Å². The first-order valence-electron chi connectivity index (χ1n) is 6.82. The van der Waals surface area contributed by atoms with Gasteiger partial charge in [-0.1, -0.05) is 6.58 Å². The highest BCUT2D eigenvalue weighted by Crippen LogP contribution is 2.31. The Morgan fingerprint density at radius 3 is 2.90 bits per heavy atom. The van der Waals surface area contributed by atoms with E-state index in [1.54, 1.807) is 0 Å². The fraction of sp³-hybridized carbons (Fsp3) is 0.467. The second-order valence-electron chi connectivity index (χ2n) is 5.24. The molecule has 5 heteroatoms. The summed E-state index contributed by atoms with van der Waals surface area (Å²) in [6.45, 7) is 6.99. The van der Waals surface area contributed by atoms with E-state index in [4.69, 9.17) is 21.3 Å². The quantitative estimate of drug-likeness (QED) is 0.699. The van der Waals surface area contributed by atoms with E-state index in [1.165, 1.54) is 0 Å². The number of rotatable bonds is 5. The van der Waals surface area contributed by atoms with Crippen LogP contribution in [0.1, 0.15) is 12.0 Å². The van der Waals surface area contributed by atoms with Crippen molar-refractivity contribution in [3.8, 4) is 0 Å². The molecule has 1 fully saturated rings. The average molecular weight is 277 g/mol. The van der Waals surface area contributed by atoms with Gasteiger partial charge in [-0.25, -0.2) is 0 Å². The minimum atomic E-state index is 0.0334. The molecule has 1 aliphatic rings. The van der Waals surface area contributed by atoms with Crippen molar-refractivity contribution in [3.05, 3.63) is 36.0 Å². The van der Waals surface area contributed by atoms with Crippen molar-refractivity contribution in [1.29, 1.82) is 0 Å². The van der Waals surface area contributed by atoms with Gasteiger partial charge in [0.1, 0.15) is 0 Å². The van der Waals surface area contributed by atoms with Gasteiger partial charge in [0.05, 0.1) is 25.4 Å². The molecule has 0 aliphatic carbocycles. The fourth-order valence-electron chi connectivity index (χ4n) is 2.61. The van der Waals surface area contributed by atoms with Crippen LogP contribution >= 0.6 is 0 Å². The molecule has 5 N–H and O–H groups in total. The Balaban J connectivity index is 2.18. The van der Waals surface area contributed by atoms with Gasteiger partial charge >= 0.3 is 0 Å². The van der Waals surface area contributed by atoms with Crippen LogP contribution in [-0.2, 0) is 4.74 Å². The molecule has 0 aromatic heterocycles. The first kappa shape index (κ1) is 14.7. The molecule has 2 unspecified atom stereocenters. The summed E-state index contributed by atoms with van der Waals surface area (Å²) in [6.07, 6.45) is 0.851. The summed E-state index contributed by atoms with van der Waals surface area (Å²) >= 11 is 0. The van der Waals surface area contributed by atoms with Crippen LogP contribution in [0, 0.1) is 6.92 Å². The molecule has 0 amide bonds. The number of benzene rings is 1. The lowest BCUT2D eigenvalue weighted by Gasteiger charge is -2.27. The number of nitrogens with zero attached hydrogens (tertiary/aromatic N) is 1. The third kappa shape index (κ3) is 3.05. The van der Waals surface area contributed by atoms with Crippen LogP contribution in [0.4, 0.5) is 11.4 Å². The number of aryl methyl sites for hydroxylation is 1. The largest absolute Gasteiger partial charge is 0.401 e. The Morgan fingerprint density at radius 2 is 2.30 bits per heavy atom. The minimum absolute atomic E-state index is 0.0334. The van der Waals surface area contributed by atoms with Crippen molar-refractivity contribution in [2.75, 3.05) is 30.4 Å². The maximum absolute atomic E-state index is 8.86. The smallest absolute Gasteiger partial charge is 0.0774 e. The highest BCUT2D eigenvalue weighted by atomic mass is 16.5. The highest BCUT2D eigenvalue weighted by molar-refractivity contribution is 5.59. The molecule has 1 aromatic carbocycles. The Morgan fingerprint density at radius 1 is 1.55 bits per heavy atom. The van der Waals surface area contributed by atoms with E-state index in [1.807, 2.05) is 19.1 Å². The molecule has 1 heterocycles. The molecule has 1 aromatic rings. The normalized spacial score (nSPS) is 22.2. The number of aliphatic hydroxyl groups excluding tert-OH is 1. The van der Waals surface area contributed by atoms with Crippen molar-refractivity contribution < 1.29 is 9.84 Å². The maximum atomic E-state index is 8.86. The molecule has 20 heavy (non-hydrogen) atoms. The fourth-order valence-corrected chi connectivity index (χ4v) is 2.61. The van der Waals surface area contributed by atoms with Crippen molar-refractivity contribution in [2.45, 2.75) is 25.5 Å². The molecular weight excluding hydrogens is 254 g/mol. The van der Waals surface area contributed by atoms with Crippen molar-refractivity contribution >= 4 is 11.4 Å². The van der Waals surface area contributed by atoms with E-state index in [-0.39, 0.29) is 18.8 Å². The number of nitrogen functional groups attached to an aromatic ring is 1. The number of anilines is 2. The predicted molar refractivity (Wildman–Crippen MR) is 81.5 cm³/mol. The Kier molecular flexibility index (Phi) is 4.52. The zero-order valence-corrected chi connectivity index (χ0v) is 11.9. The molecular formula is C15H23N3O2. The van der Waals surface area contributed by atoms with Crippen LogP contribution in [0.25, 0.3) is 0 Å². The summed E-state index contributed by atoms with van der Waals surface area (Å²) in [7, 11) is 0. The van der Waals surface area contributed by atoms with Gasteiger partial charge in [0, 0.05) is 30.0 Å². The van der Waals surface area contributed by atoms with Gasteiger partial charge < -0.3 is 26.2 Å². The lowest BCUT2D eigenvalue weighted by atomic mass is 10.1. The van der Waals surface area contributed by atoms with Gasteiger partial charge in [0.25, 0.3) is 0 Å². The standard InChI is InChI=1S/C15H23N3O2/c1-10-7-12(3-4-14(10)17)18-9-13(20-6-5-19)8-15(18)11(2)16/h3-4,7,13,15,19H,2,5-6,8-9,16-17H2,1H3. The summed E-state index contributed by atoms with van der Waals surface area (Å²) in [5, 5.41) is 8.86. The average Bonchev–Trinajstić information content (AvgIpc) is 2.84. The number of nitrogens with two attached hydrogens (primary N) is 2. The summed E-state index contributed by atoms with van der Waals surface area (Å²) < 4.78 is 5.63. The predicted octanol–water partition coefficient (Wildman–Crippen LogP) is 1.01. The van der Waals surface area contributed by atoms with Crippen LogP contribution < -0.4 is 16.4 Å². The Hall–Kier alpha value is -1.72. The number of ether oxygens (including phenoxy) is 1. The SMILES string of the molecule is C=C(N)C1CC(OCCO)CN1c1ccc(N)c(C)c1. The van der Waals surface area contributed by atoms with Crippen LogP contribution in [0.5, 0.6) is 0 Å². The maximum Gasteiger partial charge on any atom is 0.0774 e.